The van der Waals surface area contributed by atoms with Crippen LogP contribution in [0.25, 0.3) is 0 Å². The molecule has 1 amide bonds. The van der Waals surface area contributed by atoms with Crippen LogP contribution in [0.15, 0.2) is 95.3 Å². The maximum Gasteiger partial charge on any atom is 0.255 e. The molecule has 0 spiro atoms. The number of aryl methyl sites for hydroxylation is 1. The molecule has 37 heavy (non-hydrogen) atoms. The third-order valence-electron chi connectivity index (χ3n) is 6.29. The maximum absolute atomic E-state index is 13.7. The van der Waals surface area contributed by atoms with E-state index in [1.807, 2.05) is 75.1 Å². The van der Waals surface area contributed by atoms with Crippen LogP contribution < -0.4 is 15.5 Å². The summed E-state index contributed by atoms with van der Waals surface area (Å²) in [5.41, 5.74) is 6.46. The molecule has 8 heteroatoms. The van der Waals surface area contributed by atoms with Crippen LogP contribution in [-0.2, 0) is 10.5 Å². The summed E-state index contributed by atoms with van der Waals surface area (Å²) in [6.07, 6.45) is 0. The molecule has 188 valence electrons. The number of benzene rings is 3. The van der Waals surface area contributed by atoms with Crippen LogP contribution in [0.3, 0.4) is 0 Å². The van der Waals surface area contributed by atoms with Gasteiger partial charge in [0.15, 0.2) is 0 Å². The van der Waals surface area contributed by atoms with Crippen LogP contribution in [0, 0.1) is 6.92 Å². The van der Waals surface area contributed by atoms with Gasteiger partial charge in [-0.15, -0.1) is 5.10 Å². The molecular formula is C29H30N6OS. The number of carbonyl (C=O) groups excluding carboxylic acids is 1. The predicted molar refractivity (Wildman–Crippen MR) is 151 cm³/mol. The number of fused-ring (bicyclic) bond motifs is 1. The molecule has 2 heterocycles. The van der Waals surface area contributed by atoms with Gasteiger partial charge in [-0.1, -0.05) is 66.4 Å². The number of allylic oxidation sites excluding steroid dienone is 1. The standard InChI is InChI=1S/C29H30N6OS/c1-19-9-8-12-23(17-19)31-27(36)25-20(2)30-28-32-29(37-18-21-10-6-5-7-11-21)33-35(28)26(25)22-13-15-24(16-14-22)34(3)4/h5-17,26H,18H2,1-4H3,(H,31,36)(H,30,32,33). The number of thioether (sulfide) groups is 1. The molecule has 1 aliphatic rings. The molecule has 0 bridgehead atoms. The highest BCUT2D eigenvalue weighted by Gasteiger charge is 2.34. The van der Waals surface area contributed by atoms with E-state index in [0.29, 0.717) is 16.7 Å². The number of hydrogen-bond acceptors (Lipinski definition) is 6. The smallest absolute Gasteiger partial charge is 0.255 e. The molecule has 1 unspecified atom stereocenters. The normalized spacial score (nSPS) is 14.6. The topological polar surface area (TPSA) is 75.1 Å². The molecule has 1 aliphatic heterocycles. The van der Waals surface area contributed by atoms with Gasteiger partial charge in [0.2, 0.25) is 11.1 Å². The monoisotopic (exact) mass is 510 g/mol. The van der Waals surface area contributed by atoms with E-state index in [-0.39, 0.29) is 5.91 Å². The van der Waals surface area contributed by atoms with Crippen LogP contribution in [-0.4, -0.2) is 34.8 Å². The number of nitrogens with one attached hydrogen (secondary N) is 2. The Morgan fingerprint density at radius 2 is 1.78 bits per heavy atom. The molecule has 3 aromatic carbocycles. The SMILES string of the molecule is CC1=C(C(=O)Nc2cccc(C)c2)C(c2ccc(N(C)C)cc2)n2nc(SCc3ccccc3)nc2N1. The Kier molecular flexibility index (Phi) is 7.01. The number of rotatable bonds is 7. The van der Waals surface area contributed by atoms with Crippen molar-refractivity contribution in [1.29, 1.82) is 0 Å². The van der Waals surface area contributed by atoms with Gasteiger partial charge in [0.1, 0.15) is 6.04 Å². The average molecular weight is 511 g/mol. The molecule has 0 radical (unpaired) electrons. The Morgan fingerprint density at radius 3 is 2.49 bits per heavy atom. The second-order valence-electron chi connectivity index (χ2n) is 9.31. The van der Waals surface area contributed by atoms with Crippen LogP contribution in [0.5, 0.6) is 0 Å². The van der Waals surface area contributed by atoms with Crippen molar-refractivity contribution in [2.75, 3.05) is 29.6 Å². The predicted octanol–water partition coefficient (Wildman–Crippen LogP) is 5.87. The van der Waals surface area contributed by atoms with E-state index in [1.54, 1.807) is 11.8 Å². The van der Waals surface area contributed by atoms with Crippen molar-refractivity contribution in [3.05, 3.63) is 107 Å². The fraction of sp³-hybridized carbons (Fsp3) is 0.207. The summed E-state index contributed by atoms with van der Waals surface area (Å²) in [4.78, 5) is 20.5. The van der Waals surface area contributed by atoms with Gasteiger partial charge in [-0.2, -0.15) is 4.98 Å². The van der Waals surface area contributed by atoms with Crippen molar-refractivity contribution in [2.24, 2.45) is 0 Å². The van der Waals surface area contributed by atoms with Crippen LogP contribution in [0.1, 0.15) is 29.7 Å². The van der Waals surface area contributed by atoms with Gasteiger partial charge in [-0.3, -0.25) is 4.79 Å². The summed E-state index contributed by atoms with van der Waals surface area (Å²) in [7, 11) is 4.02. The highest BCUT2D eigenvalue weighted by Crippen LogP contribution is 2.37. The minimum atomic E-state index is -0.421. The quantitative estimate of drug-likeness (QED) is 0.303. The van der Waals surface area contributed by atoms with E-state index in [9.17, 15) is 4.79 Å². The molecule has 0 aliphatic carbocycles. The molecule has 4 aromatic rings. The largest absolute Gasteiger partial charge is 0.378 e. The van der Waals surface area contributed by atoms with E-state index < -0.39 is 6.04 Å². The number of carbonyl (C=O) groups is 1. The van der Waals surface area contributed by atoms with Gasteiger partial charge >= 0.3 is 0 Å². The lowest BCUT2D eigenvalue weighted by atomic mass is 9.94. The zero-order chi connectivity index (χ0) is 25.9. The summed E-state index contributed by atoms with van der Waals surface area (Å²) in [6, 6.07) is 25.9. The zero-order valence-electron chi connectivity index (χ0n) is 21.4. The van der Waals surface area contributed by atoms with Crippen molar-refractivity contribution < 1.29 is 4.79 Å². The van der Waals surface area contributed by atoms with Gasteiger partial charge in [0.05, 0.1) is 5.57 Å². The molecule has 1 atom stereocenters. The van der Waals surface area contributed by atoms with E-state index >= 15 is 0 Å². The molecule has 5 rings (SSSR count). The van der Waals surface area contributed by atoms with Crippen molar-refractivity contribution in [3.63, 3.8) is 0 Å². The van der Waals surface area contributed by atoms with Gasteiger partial charge < -0.3 is 15.5 Å². The Balaban J connectivity index is 1.50. The highest BCUT2D eigenvalue weighted by molar-refractivity contribution is 7.98. The molecule has 0 fully saturated rings. The zero-order valence-corrected chi connectivity index (χ0v) is 22.2. The fourth-order valence-electron chi connectivity index (χ4n) is 4.39. The van der Waals surface area contributed by atoms with E-state index in [2.05, 4.69) is 51.9 Å². The second kappa shape index (κ2) is 10.5. The number of aromatic nitrogens is 3. The Morgan fingerprint density at radius 1 is 1.03 bits per heavy atom. The molecule has 1 aromatic heterocycles. The lowest BCUT2D eigenvalue weighted by molar-refractivity contribution is -0.113. The molecule has 7 nitrogen and oxygen atoms in total. The average Bonchev–Trinajstić information content (AvgIpc) is 3.29. The van der Waals surface area contributed by atoms with Crippen molar-refractivity contribution in [2.45, 2.75) is 30.8 Å². The first-order chi connectivity index (χ1) is 17.9. The van der Waals surface area contributed by atoms with Gasteiger partial charge in [0.25, 0.3) is 5.91 Å². The van der Waals surface area contributed by atoms with Crippen LogP contribution >= 0.6 is 11.8 Å². The summed E-state index contributed by atoms with van der Waals surface area (Å²) >= 11 is 1.58. The van der Waals surface area contributed by atoms with Crippen LogP contribution in [0.4, 0.5) is 17.3 Å². The Hall–Kier alpha value is -4.04. The molecule has 2 N–H and O–H groups in total. The van der Waals surface area contributed by atoms with E-state index in [1.165, 1.54) is 5.56 Å². The van der Waals surface area contributed by atoms with Gasteiger partial charge in [-0.25, -0.2) is 4.68 Å². The minimum absolute atomic E-state index is 0.170. The summed E-state index contributed by atoms with van der Waals surface area (Å²) in [5.74, 6) is 1.22. The van der Waals surface area contributed by atoms with Gasteiger partial charge in [-0.05, 0) is 54.8 Å². The number of anilines is 3. The summed E-state index contributed by atoms with van der Waals surface area (Å²) < 4.78 is 1.83. The summed E-state index contributed by atoms with van der Waals surface area (Å²) in [6.45, 7) is 3.93. The number of amides is 1. The summed E-state index contributed by atoms with van der Waals surface area (Å²) in [5, 5.41) is 11.9. The number of hydrogen-bond donors (Lipinski definition) is 2. The minimum Gasteiger partial charge on any atom is -0.378 e. The Labute approximate surface area is 221 Å². The first-order valence-electron chi connectivity index (χ1n) is 12.2. The van der Waals surface area contributed by atoms with Crippen molar-refractivity contribution in [3.8, 4) is 0 Å². The van der Waals surface area contributed by atoms with E-state index in [4.69, 9.17) is 10.1 Å². The van der Waals surface area contributed by atoms with E-state index in [0.717, 1.165) is 34.0 Å². The second-order valence-corrected chi connectivity index (χ2v) is 10.3. The third-order valence-corrected chi connectivity index (χ3v) is 7.20. The first kappa shape index (κ1) is 24.6. The lowest BCUT2D eigenvalue weighted by Crippen LogP contribution is -2.31. The molecule has 0 saturated carbocycles. The van der Waals surface area contributed by atoms with Gasteiger partial charge in [0, 0.05) is 36.9 Å². The fourth-order valence-corrected chi connectivity index (χ4v) is 5.18. The first-order valence-corrected chi connectivity index (χ1v) is 13.1. The molecule has 0 saturated heterocycles. The van der Waals surface area contributed by atoms with Crippen LogP contribution in [0.2, 0.25) is 0 Å². The van der Waals surface area contributed by atoms with Crippen molar-refractivity contribution >= 4 is 35.0 Å². The lowest BCUT2D eigenvalue weighted by Gasteiger charge is -2.29. The molecular weight excluding hydrogens is 480 g/mol. The number of nitrogens with zero attached hydrogens (tertiary/aromatic N) is 4. The maximum atomic E-state index is 13.7. The van der Waals surface area contributed by atoms with Crippen molar-refractivity contribution in [1.82, 2.24) is 14.8 Å². The third kappa shape index (κ3) is 5.39. The Bertz CT molecular complexity index is 1440. The highest BCUT2D eigenvalue weighted by atomic mass is 32.2.